The molecule has 0 aliphatic carbocycles. The van der Waals surface area contributed by atoms with E-state index < -0.39 is 0 Å². The number of piperidine rings is 1. The molecular weight excluding hydrogens is 408 g/mol. The minimum absolute atomic E-state index is 0.124. The van der Waals surface area contributed by atoms with Gasteiger partial charge < -0.3 is 25.3 Å². The fraction of sp³-hybridized carbons (Fsp3) is 0.429. The van der Waals surface area contributed by atoms with Gasteiger partial charge in [-0.25, -0.2) is 0 Å². The molecule has 9 heteroatoms. The first kappa shape index (κ1) is 22.1. The van der Waals surface area contributed by atoms with Crippen LogP contribution in [0, 0.1) is 0 Å². The second kappa shape index (κ2) is 10.5. The molecule has 8 nitrogen and oxygen atoms in total. The van der Waals surface area contributed by atoms with Gasteiger partial charge in [-0.05, 0) is 24.6 Å². The predicted octanol–water partition coefficient (Wildman–Crippen LogP) is 2.22. The van der Waals surface area contributed by atoms with E-state index in [0.29, 0.717) is 35.2 Å². The number of nitrogens with two attached hydrogens (primary N) is 1. The first-order valence-electron chi connectivity index (χ1n) is 9.73. The number of carbonyl (C=O) groups is 1. The largest absolute Gasteiger partial charge is 0.496 e. The molecule has 1 saturated heterocycles. The van der Waals surface area contributed by atoms with Crippen LogP contribution >= 0.6 is 11.6 Å². The lowest BCUT2D eigenvalue weighted by molar-refractivity contribution is 0.00322. The van der Waals surface area contributed by atoms with Crippen LogP contribution in [-0.4, -0.2) is 68.4 Å². The van der Waals surface area contributed by atoms with E-state index in [4.69, 9.17) is 31.5 Å². The summed E-state index contributed by atoms with van der Waals surface area (Å²) in [6, 6.07) is 6.62. The van der Waals surface area contributed by atoms with Gasteiger partial charge in [0, 0.05) is 45.2 Å². The summed E-state index contributed by atoms with van der Waals surface area (Å²) in [6.07, 6.45) is 4.02. The van der Waals surface area contributed by atoms with E-state index in [1.165, 1.54) is 13.2 Å². The van der Waals surface area contributed by atoms with Crippen molar-refractivity contribution in [2.45, 2.75) is 18.6 Å². The van der Waals surface area contributed by atoms with Crippen molar-refractivity contribution >= 4 is 23.2 Å². The average molecular weight is 435 g/mol. The number of hydrogen-bond donors (Lipinski definition) is 2. The number of rotatable bonds is 8. The standard InChI is InChI=1S/C21H27ClN4O4/c1-28-19-12-17(23)16(22)11-15(19)21(27)25-18-5-8-26(13-20(18)29-2)9-10-30-14-3-6-24-7-4-14/h3-4,6-7,11-12,18,20H,5,8-10,13,23H2,1-2H3,(H,25,27). The first-order chi connectivity index (χ1) is 14.5. The molecule has 3 rings (SSSR count). The van der Waals surface area contributed by atoms with E-state index in [2.05, 4.69) is 15.2 Å². The molecule has 0 radical (unpaired) electrons. The second-order valence-corrected chi connectivity index (χ2v) is 7.46. The van der Waals surface area contributed by atoms with Crippen LogP contribution in [0.1, 0.15) is 16.8 Å². The van der Waals surface area contributed by atoms with E-state index in [1.54, 1.807) is 25.6 Å². The van der Waals surface area contributed by atoms with Gasteiger partial charge in [-0.15, -0.1) is 0 Å². The number of benzene rings is 1. The smallest absolute Gasteiger partial charge is 0.255 e. The van der Waals surface area contributed by atoms with E-state index in [-0.39, 0.29) is 18.1 Å². The summed E-state index contributed by atoms with van der Waals surface area (Å²) in [5.41, 5.74) is 6.51. The fourth-order valence-corrected chi connectivity index (χ4v) is 3.64. The summed E-state index contributed by atoms with van der Waals surface area (Å²) < 4.78 is 16.7. The lowest BCUT2D eigenvalue weighted by atomic mass is 10.0. The Bertz CT molecular complexity index is 852. The summed E-state index contributed by atoms with van der Waals surface area (Å²) in [5.74, 6) is 0.913. The third-order valence-corrected chi connectivity index (χ3v) is 5.48. The lowest BCUT2D eigenvalue weighted by Crippen LogP contribution is -2.55. The van der Waals surface area contributed by atoms with E-state index in [0.717, 1.165) is 25.3 Å². The summed E-state index contributed by atoms with van der Waals surface area (Å²) >= 11 is 6.09. The molecule has 2 aromatic rings. The number of hydrogen-bond acceptors (Lipinski definition) is 7. The number of pyridine rings is 1. The number of carbonyl (C=O) groups excluding carboxylic acids is 1. The maximum atomic E-state index is 12.8. The van der Waals surface area contributed by atoms with Gasteiger partial charge in [-0.1, -0.05) is 11.6 Å². The molecule has 1 aliphatic rings. The Morgan fingerprint density at radius 1 is 1.33 bits per heavy atom. The van der Waals surface area contributed by atoms with Crippen molar-refractivity contribution in [2.75, 3.05) is 46.2 Å². The van der Waals surface area contributed by atoms with Crippen molar-refractivity contribution in [3.8, 4) is 11.5 Å². The summed E-state index contributed by atoms with van der Waals surface area (Å²) in [7, 11) is 3.14. The van der Waals surface area contributed by atoms with E-state index >= 15 is 0 Å². The van der Waals surface area contributed by atoms with Crippen molar-refractivity contribution in [3.05, 3.63) is 47.2 Å². The van der Waals surface area contributed by atoms with Gasteiger partial charge in [0.15, 0.2) is 0 Å². The van der Waals surface area contributed by atoms with Gasteiger partial charge in [0.1, 0.15) is 18.1 Å². The van der Waals surface area contributed by atoms with Gasteiger partial charge in [-0.2, -0.15) is 0 Å². The van der Waals surface area contributed by atoms with Crippen LogP contribution in [-0.2, 0) is 4.74 Å². The predicted molar refractivity (Wildman–Crippen MR) is 115 cm³/mol. The first-order valence-corrected chi connectivity index (χ1v) is 10.1. The zero-order valence-electron chi connectivity index (χ0n) is 17.1. The number of amides is 1. The summed E-state index contributed by atoms with van der Waals surface area (Å²) in [6.45, 7) is 2.85. The number of anilines is 1. The Hall–Kier alpha value is -2.55. The highest BCUT2D eigenvalue weighted by Gasteiger charge is 2.31. The maximum Gasteiger partial charge on any atom is 0.255 e. The molecule has 1 aliphatic heterocycles. The molecule has 0 saturated carbocycles. The normalized spacial score (nSPS) is 19.3. The number of ether oxygens (including phenoxy) is 3. The second-order valence-electron chi connectivity index (χ2n) is 7.05. The molecule has 1 aromatic heterocycles. The van der Waals surface area contributed by atoms with Gasteiger partial charge >= 0.3 is 0 Å². The van der Waals surface area contributed by atoms with Gasteiger partial charge in [0.2, 0.25) is 0 Å². The van der Waals surface area contributed by atoms with E-state index in [9.17, 15) is 4.79 Å². The highest BCUT2D eigenvalue weighted by atomic mass is 35.5. The Labute approximate surface area is 181 Å². The third-order valence-electron chi connectivity index (χ3n) is 5.15. The molecule has 2 atom stereocenters. The number of nitrogens with one attached hydrogen (secondary N) is 1. The molecule has 2 unspecified atom stereocenters. The summed E-state index contributed by atoms with van der Waals surface area (Å²) in [5, 5.41) is 3.37. The van der Waals surface area contributed by atoms with Gasteiger partial charge in [-0.3, -0.25) is 14.7 Å². The topological polar surface area (TPSA) is 98.9 Å². The molecule has 162 valence electrons. The number of nitrogens with zero attached hydrogens (tertiary/aromatic N) is 2. The molecule has 3 N–H and O–H groups in total. The highest BCUT2D eigenvalue weighted by molar-refractivity contribution is 6.33. The molecular formula is C21H27ClN4O4. The zero-order chi connectivity index (χ0) is 21.5. The van der Waals surface area contributed by atoms with Crippen LogP contribution in [0.3, 0.4) is 0 Å². The molecule has 1 amide bonds. The van der Waals surface area contributed by atoms with Crippen LogP contribution < -0.4 is 20.5 Å². The number of nitrogen functional groups attached to an aromatic ring is 1. The molecule has 2 heterocycles. The maximum absolute atomic E-state index is 12.8. The fourth-order valence-electron chi connectivity index (χ4n) is 3.48. The Morgan fingerprint density at radius 2 is 2.10 bits per heavy atom. The number of likely N-dealkylation sites (tertiary alicyclic amines) is 1. The Kier molecular flexibility index (Phi) is 7.73. The number of methoxy groups -OCH3 is 2. The van der Waals surface area contributed by atoms with Crippen molar-refractivity contribution < 1.29 is 19.0 Å². The molecule has 1 fully saturated rings. The van der Waals surface area contributed by atoms with E-state index in [1.807, 2.05) is 12.1 Å². The van der Waals surface area contributed by atoms with Gasteiger partial charge in [0.05, 0.1) is 35.5 Å². The van der Waals surface area contributed by atoms with Crippen LogP contribution in [0.4, 0.5) is 5.69 Å². The van der Waals surface area contributed by atoms with Crippen LogP contribution in [0.15, 0.2) is 36.7 Å². The average Bonchev–Trinajstić information content (AvgIpc) is 2.76. The Balaban J connectivity index is 1.55. The minimum atomic E-state index is -0.268. The summed E-state index contributed by atoms with van der Waals surface area (Å²) in [4.78, 5) is 19.1. The lowest BCUT2D eigenvalue weighted by Gasteiger charge is -2.38. The van der Waals surface area contributed by atoms with Crippen LogP contribution in [0.25, 0.3) is 0 Å². The van der Waals surface area contributed by atoms with Crippen LogP contribution in [0.2, 0.25) is 5.02 Å². The van der Waals surface area contributed by atoms with Crippen molar-refractivity contribution in [3.63, 3.8) is 0 Å². The number of aromatic nitrogens is 1. The molecule has 30 heavy (non-hydrogen) atoms. The molecule has 0 bridgehead atoms. The SMILES string of the molecule is COc1cc(N)c(Cl)cc1C(=O)NC1CCN(CCOc2ccncc2)CC1OC. The van der Waals surface area contributed by atoms with Crippen molar-refractivity contribution in [2.24, 2.45) is 0 Å². The van der Waals surface area contributed by atoms with Gasteiger partial charge in [0.25, 0.3) is 5.91 Å². The Morgan fingerprint density at radius 3 is 2.80 bits per heavy atom. The van der Waals surface area contributed by atoms with Crippen molar-refractivity contribution in [1.29, 1.82) is 0 Å². The number of halogens is 1. The monoisotopic (exact) mass is 434 g/mol. The zero-order valence-corrected chi connectivity index (χ0v) is 17.9. The third kappa shape index (κ3) is 5.53. The van der Waals surface area contributed by atoms with Crippen molar-refractivity contribution in [1.82, 2.24) is 15.2 Å². The quantitative estimate of drug-likeness (QED) is 0.614. The molecule has 0 spiro atoms. The minimum Gasteiger partial charge on any atom is -0.496 e. The van der Waals surface area contributed by atoms with Crippen LogP contribution in [0.5, 0.6) is 11.5 Å². The highest BCUT2D eigenvalue weighted by Crippen LogP contribution is 2.29. The molecule has 1 aromatic carbocycles.